The van der Waals surface area contributed by atoms with Gasteiger partial charge in [0.2, 0.25) is 0 Å². The van der Waals surface area contributed by atoms with Crippen LogP contribution in [-0.2, 0) is 30.5 Å². The second-order valence-corrected chi connectivity index (χ2v) is 12.8. The largest absolute Gasteiger partial charge is 0.458 e. The molecule has 2 aromatic rings. The Kier molecular flexibility index (Phi) is 8.84. The van der Waals surface area contributed by atoms with Crippen molar-refractivity contribution in [3.05, 3.63) is 53.7 Å². The molecule has 0 radical (unpaired) electrons. The van der Waals surface area contributed by atoms with E-state index in [1.807, 2.05) is 34.6 Å². The van der Waals surface area contributed by atoms with E-state index in [1.54, 1.807) is 12.1 Å². The van der Waals surface area contributed by atoms with Crippen LogP contribution < -0.4 is 4.72 Å². The van der Waals surface area contributed by atoms with Gasteiger partial charge in [0.05, 0.1) is 5.56 Å². The fourth-order valence-corrected chi connectivity index (χ4v) is 6.46. The molecule has 2 unspecified atom stereocenters. The van der Waals surface area contributed by atoms with Gasteiger partial charge >= 0.3 is 12.1 Å². The molecule has 1 aromatic carbocycles. The molecule has 3 rings (SSSR count). The van der Waals surface area contributed by atoms with Crippen LogP contribution in [0.5, 0.6) is 0 Å². The number of pyridine rings is 1. The van der Waals surface area contributed by atoms with E-state index in [0.29, 0.717) is 30.5 Å². The Morgan fingerprint density at radius 3 is 2.26 bits per heavy atom. The van der Waals surface area contributed by atoms with Crippen LogP contribution in [0, 0.1) is 11.3 Å². The zero-order valence-corrected chi connectivity index (χ0v) is 23.6. The number of alkyl halides is 3. The Balaban J connectivity index is 1.96. The second kappa shape index (κ2) is 11.3. The van der Waals surface area contributed by atoms with Crippen molar-refractivity contribution in [3.8, 4) is 0 Å². The number of aromatic nitrogens is 1. The fourth-order valence-electron chi connectivity index (χ4n) is 5.44. The fraction of sp³-hybridized carbons (Fsp3) is 0.536. The molecule has 11 heteroatoms. The van der Waals surface area contributed by atoms with Crippen molar-refractivity contribution in [1.82, 2.24) is 4.98 Å². The molecule has 0 spiro atoms. The Bertz CT molecular complexity index is 1290. The van der Waals surface area contributed by atoms with Gasteiger partial charge in [0.25, 0.3) is 10.0 Å². The number of carbonyl (C=O) groups excluding carboxylic acids is 2. The number of nitrogens with one attached hydrogen (secondary N) is 1. The first-order chi connectivity index (χ1) is 18.0. The van der Waals surface area contributed by atoms with Crippen LogP contribution >= 0.6 is 0 Å². The third kappa shape index (κ3) is 6.98. The molecular weight excluding hydrogens is 533 g/mol. The van der Waals surface area contributed by atoms with Crippen LogP contribution in [0.4, 0.5) is 18.9 Å². The first-order valence-corrected chi connectivity index (χ1v) is 14.4. The van der Waals surface area contributed by atoms with Gasteiger partial charge in [-0.25, -0.2) is 4.98 Å². The van der Waals surface area contributed by atoms with Crippen LogP contribution in [0.1, 0.15) is 83.8 Å². The normalized spacial score (nSPS) is 18.9. The number of Topliss-reactive ketones (excluding diaryl/α,β-unsaturated/α-hetero) is 1. The zero-order valence-electron chi connectivity index (χ0n) is 22.8. The summed E-state index contributed by atoms with van der Waals surface area (Å²) in [7, 11) is -4.47. The lowest BCUT2D eigenvalue weighted by molar-refractivity contribution is -0.182. The number of hydrogen-bond acceptors (Lipinski definition) is 6. The van der Waals surface area contributed by atoms with E-state index in [4.69, 9.17) is 4.74 Å². The molecule has 1 aliphatic rings. The Hall–Kier alpha value is -2.95. The predicted molar refractivity (Wildman–Crippen MR) is 140 cm³/mol. The summed E-state index contributed by atoms with van der Waals surface area (Å²) in [4.78, 5) is 30.5. The molecule has 1 saturated heterocycles. The monoisotopic (exact) mass is 568 g/mol. The maximum absolute atomic E-state index is 13.5. The number of anilines is 1. The smallest absolute Gasteiger partial charge is 0.416 e. The molecule has 0 bridgehead atoms. The highest BCUT2D eigenvalue weighted by molar-refractivity contribution is 7.92. The van der Waals surface area contributed by atoms with Gasteiger partial charge in [0, 0.05) is 24.2 Å². The lowest BCUT2D eigenvalue weighted by atomic mass is 9.65. The zero-order chi connectivity index (χ0) is 29.2. The first kappa shape index (κ1) is 30.6. The number of cyclic esters (lactones) is 1. The minimum absolute atomic E-state index is 0.0592. The molecule has 1 N–H and O–H groups in total. The van der Waals surface area contributed by atoms with Crippen LogP contribution in [0.2, 0.25) is 0 Å². The summed E-state index contributed by atoms with van der Waals surface area (Å²) in [6, 6.07) is 7.31. The first-order valence-electron chi connectivity index (χ1n) is 12.9. The standard InChI is InChI=1S/C28H35F3N2O5S/c1-6-12-27(13-7-2)17-21(34)23(25(35)38-27)24(26(3,4)5)18-9-8-10-20(15-18)33-39(36,37)22-16-19(11-14-32-22)28(29,30)31/h8-11,14-16,23-24,33H,6-7,12-13,17H2,1-5H3. The van der Waals surface area contributed by atoms with Crippen LogP contribution in [0.15, 0.2) is 47.6 Å². The van der Waals surface area contributed by atoms with E-state index in [2.05, 4.69) is 9.71 Å². The van der Waals surface area contributed by atoms with Gasteiger partial charge < -0.3 is 4.74 Å². The SMILES string of the molecule is CCCC1(CCC)CC(=O)C(C(c2cccc(NS(=O)(=O)c3cc(C(F)(F)F)ccn3)c2)C(C)(C)C)C(=O)O1. The maximum Gasteiger partial charge on any atom is 0.416 e. The van der Waals surface area contributed by atoms with Crippen molar-refractivity contribution < 1.29 is 35.9 Å². The molecular formula is C28H35F3N2O5S. The number of hydrogen-bond donors (Lipinski definition) is 1. The minimum Gasteiger partial charge on any atom is -0.458 e. The number of rotatable bonds is 9. The van der Waals surface area contributed by atoms with Gasteiger partial charge in [-0.05, 0) is 48.1 Å². The number of ketones is 1. The second-order valence-electron chi connectivity index (χ2n) is 11.2. The number of esters is 1. The number of benzene rings is 1. The Morgan fingerprint density at radius 1 is 1.08 bits per heavy atom. The van der Waals surface area contributed by atoms with E-state index >= 15 is 0 Å². The summed E-state index contributed by atoms with van der Waals surface area (Å²) in [6.07, 6.45) is -1.14. The molecule has 2 atom stereocenters. The van der Waals surface area contributed by atoms with Crippen molar-refractivity contribution in [3.63, 3.8) is 0 Å². The molecule has 1 fully saturated rings. The molecule has 214 valence electrons. The summed E-state index contributed by atoms with van der Waals surface area (Å²) in [5, 5.41) is -0.788. The minimum atomic E-state index is -4.74. The van der Waals surface area contributed by atoms with Gasteiger partial charge in [-0.1, -0.05) is 59.6 Å². The van der Waals surface area contributed by atoms with Crippen molar-refractivity contribution >= 4 is 27.5 Å². The van der Waals surface area contributed by atoms with Gasteiger partial charge in [-0.2, -0.15) is 21.6 Å². The van der Waals surface area contributed by atoms with Gasteiger partial charge in [0.15, 0.2) is 10.8 Å². The van der Waals surface area contributed by atoms with Crippen LogP contribution in [0.3, 0.4) is 0 Å². The summed E-state index contributed by atoms with van der Waals surface area (Å²) < 4.78 is 73.3. The molecule has 0 aliphatic carbocycles. The van der Waals surface area contributed by atoms with E-state index in [0.717, 1.165) is 19.0 Å². The van der Waals surface area contributed by atoms with E-state index in [-0.39, 0.29) is 17.9 Å². The number of ether oxygens (including phenoxy) is 1. The molecule has 1 aliphatic heterocycles. The highest BCUT2D eigenvalue weighted by Gasteiger charge is 2.51. The van der Waals surface area contributed by atoms with Gasteiger partial charge in [0.1, 0.15) is 11.5 Å². The molecule has 2 heterocycles. The number of halogens is 3. The lowest BCUT2D eigenvalue weighted by Crippen LogP contribution is -2.50. The Labute approximate surface area is 227 Å². The average molecular weight is 569 g/mol. The van der Waals surface area contributed by atoms with E-state index < -0.39 is 55.6 Å². The van der Waals surface area contributed by atoms with Crippen molar-refractivity contribution in [1.29, 1.82) is 0 Å². The average Bonchev–Trinajstić information content (AvgIpc) is 2.80. The quantitative estimate of drug-likeness (QED) is 0.274. The topological polar surface area (TPSA) is 102 Å². The number of nitrogens with zero attached hydrogens (tertiary/aromatic N) is 1. The van der Waals surface area contributed by atoms with Crippen molar-refractivity contribution in [2.45, 2.75) is 89.4 Å². The third-order valence-corrected chi connectivity index (χ3v) is 8.21. The summed E-state index contributed by atoms with van der Waals surface area (Å²) in [6.45, 7) is 9.58. The van der Waals surface area contributed by atoms with Crippen molar-refractivity contribution in [2.75, 3.05) is 4.72 Å². The lowest BCUT2D eigenvalue weighted by Gasteiger charge is -2.43. The molecule has 1 aromatic heterocycles. The summed E-state index contributed by atoms with van der Waals surface area (Å²) in [5.41, 5.74) is -1.98. The van der Waals surface area contributed by atoms with Crippen LogP contribution in [-0.4, -0.2) is 30.8 Å². The van der Waals surface area contributed by atoms with Crippen molar-refractivity contribution in [2.24, 2.45) is 11.3 Å². The predicted octanol–water partition coefficient (Wildman–Crippen LogP) is 6.50. The van der Waals surface area contributed by atoms with E-state index in [1.165, 1.54) is 12.1 Å². The summed E-state index contributed by atoms with van der Waals surface area (Å²) >= 11 is 0. The van der Waals surface area contributed by atoms with Gasteiger partial charge in [-0.15, -0.1) is 0 Å². The summed E-state index contributed by atoms with van der Waals surface area (Å²) in [5.74, 6) is -2.53. The number of carbonyl (C=O) groups is 2. The van der Waals surface area contributed by atoms with Gasteiger partial charge in [-0.3, -0.25) is 14.3 Å². The third-order valence-electron chi connectivity index (χ3n) is 6.93. The highest BCUT2D eigenvalue weighted by Crippen LogP contribution is 2.47. The molecule has 7 nitrogen and oxygen atoms in total. The maximum atomic E-state index is 13.5. The number of sulfonamides is 1. The van der Waals surface area contributed by atoms with Crippen LogP contribution in [0.25, 0.3) is 0 Å². The molecule has 0 saturated carbocycles. The Morgan fingerprint density at radius 2 is 1.72 bits per heavy atom. The molecule has 0 amide bonds. The highest BCUT2D eigenvalue weighted by atomic mass is 32.2. The molecule has 39 heavy (non-hydrogen) atoms. The van der Waals surface area contributed by atoms with E-state index in [9.17, 15) is 31.2 Å².